The zero-order chi connectivity index (χ0) is 13.1. The summed E-state index contributed by atoms with van der Waals surface area (Å²) >= 11 is 0. The van der Waals surface area contributed by atoms with Crippen LogP contribution in [0.15, 0.2) is 22.9 Å². The van der Waals surface area contributed by atoms with Crippen molar-refractivity contribution in [3.8, 4) is 0 Å². The van der Waals surface area contributed by atoms with Gasteiger partial charge in [-0.3, -0.25) is 4.79 Å². The van der Waals surface area contributed by atoms with Crippen molar-refractivity contribution in [1.29, 1.82) is 0 Å². The number of primary amides is 1. The molecule has 5 N–H and O–H groups in total. The lowest BCUT2D eigenvalue weighted by atomic mass is 10.2. The lowest BCUT2D eigenvalue weighted by Gasteiger charge is -2.06. The Labute approximate surface area is 103 Å². The number of nitrogen functional groups attached to an aromatic ring is 1. The Balaban J connectivity index is 2.10. The largest absolute Gasteiger partial charge is 0.397 e. The molecule has 0 aliphatic heterocycles. The van der Waals surface area contributed by atoms with E-state index in [2.05, 4.69) is 15.5 Å². The van der Waals surface area contributed by atoms with Crippen LogP contribution < -0.4 is 16.8 Å². The summed E-state index contributed by atoms with van der Waals surface area (Å²) in [7, 11) is 0. The second-order valence-electron chi connectivity index (χ2n) is 3.81. The predicted octanol–water partition coefficient (Wildman–Crippen LogP) is 0.671. The Kier molecular flexibility index (Phi) is 3.13. The first-order chi connectivity index (χ1) is 8.56. The molecule has 94 valence electrons. The minimum absolute atomic E-state index is 0.237. The van der Waals surface area contributed by atoms with Crippen LogP contribution in [0, 0.1) is 6.92 Å². The molecule has 0 bridgehead atoms. The van der Waals surface area contributed by atoms with E-state index >= 15 is 0 Å². The predicted molar refractivity (Wildman–Crippen MR) is 65.7 cm³/mol. The van der Waals surface area contributed by atoms with Crippen molar-refractivity contribution in [2.24, 2.45) is 5.73 Å². The van der Waals surface area contributed by atoms with Crippen LogP contribution in [0.4, 0.5) is 11.5 Å². The van der Waals surface area contributed by atoms with Gasteiger partial charge < -0.3 is 21.3 Å². The van der Waals surface area contributed by atoms with E-state index in [1.165, 1.54) is 12.3 Å². The smallest absolute Gasteiger partial charge is 0.250 e. The first-order valence-corrected chi connectivity index (χ1v) is 5.27. The molecule has 1 amide bonds. The number of aromatic nitrogens is 2. The number of nitrogens with one attached hydrogen (secondary N) is 1. The fourth-order valence-corrected chi connectivity index (χ4v) is 1.45. The van der Waals surface area contributed by atoms with Gasteiger partial charge in [0.2, 0.25) is 0 Å². The van der Waals surface area contributed by atoms with Crippen molar-refractivity contribution in [2.75, 3.05) is 11.1 Å². The molecule has 7 nitrogen and oxygen atoms in total. The molecule has 7 heteroatoms. The number of amides is 1. The molecule has 0 saturated heterocycles. The van der Waals surface area contributed by atoms with Crippen molar-refractivity contribution in [3.63, 3.8) is 0 Å². The molecule has 0 fully saturated rings. The Morgan fingerprint density at radius 3 is 2.89 bits per heavy atom. The van der Waals surface area contributed by atoms with Crippen LogP contribution in [-0.2, 0) is 6.54 Å². The van der Waals surface area contributed by atoms with E-state index in [9.17, 15) is 4.79 Å². The molecule has 0 unspecified atom stereocenters. The Hall–Kier alpha value is -2.57. The Morgan fingerprint density at radius 2 is 2.28 bits per heavy atom. The summed E-state index contributed by atoms with van der Waals surface area (Å²) in [5.74, 6) is 0.576. The molecule has 2 heterocycles. The van der Waals surface area contributed by atoms with Crippen molar-refractivity contribution >= 4 is 17.4 Å². The fourth-order valence-electron chi connectivity index (χ4n) is 1.45. The van der Waals surface area contributed by atoms with Gasteiger partial charge in [-0.05, 0) is 13.0 Å². The lowest BCUT2D eigenvalue weighted by molar-refractivity contribution is 0.100. The molecule has 0 spiro atoms. The van der Waals surface area contributed by atoms with Crippen LogP contribution in [0.5, 0.6) is 0 Å². The van der Waals surface area contributed by atoms with E-state index in [-0.39, 0.29) is 11.3 Å². The molecule has 0 aliphatic rings. The van der Waals surface area contributed by atoms with Gasteiger partial charge >= 0.3 is 0 Å². The first kappa shape index (κ1) is 11.9. The highest BCUT2D eigenvalue weighted by atomic mass is 16.5. The van der Waals surface area contributed by atoms with Crippen LogP contribution in [0.1, 0.15) is 21.8 Å². The van der Waals surface area contributed by atoms with E-state index in [4.69, 9.17) is 16.0 Å². The van der Waals surface area contributed by atoms with Crippen LogP contribution >= 0.6 is 0 Å². The maximum Gasteiger partial charge on any atom is 0.250 e. The standard InChI is InChI=1S/C11H13N5O2/c1-6-2-7(18-16-6)4-14-10-3-8(11(13)17)9(12)5-15-10/h2-3,5H,4,12H2,1H3,(H2,13,17)(H,14,15). The summed E-state index contributed by atoms with van der Waals surface area (Å²) in [5.41, 5.74) is 12.1. The van der Waals surface area contributed by atoms with Gasteiger partial charge in [0.05, 0.1) is 29.7 Å². The fraction of sp³-hybridized carbons (Fsp3) is 0.182. The molecular weight excluding hydrogens is 234 g/mol. The van der Waals surface area contributed by atoms with Gasteiger partial charge in [-0.1, -0.05) is 5.16 Å². The average Bonchev–Trinajstić information content (AvgIpc) is 2.74. The third-order valence-electron chi connectivity index (χ3n) is 2.32. The number of nitrogens with zero attached hydrogens (tertiary/aromatic N) is 2. The second-order valence-corrected chi connectivity index (χ2v) is 3.81. The average molecular weight is 247 g/mol. The molecule has 0 aliphatic carbocycles. The highest BCUT2D eigenvalue weighted by Crippen LogP contribution is 2.15. The van der Waals surface area contributed by atoms with Gasteiger partial charge in [0.1, 0.15) is 5.82 Å². The van der Waals surface area contributed by atoms with Crippen LogP contribution in [0.25, 0.3) is 0 Å². The zero-order valence-corrected chi connectivity index (χ0v) is 9.80. The molecule has 2 aromatic heterocycles. The monoisotopic (exact) mass is 247 g/mol. The number of pyridine rings is 1. The number of rotatable bonds is 4. The van der Waals surface area contributed by atoms with Crippen LogP contribution in [0.3, 0.4) is 0 Å². The Morgan fingerprint density at radius 1 is 1.50 bits per heavy atom. The van der Waals surface area contributed by atoms with E-state index in [0.29, 0.717) is 18.1 Å². The van der Waals surface area contributed by atoms with E-state index < -0.39 is 5.91 Å². The first-order valence-electron chi connectivity index (χ1n) is 5.27. The lowest BCUT2D eigenvalue weighted by Crippen LogP contribution is -2.14. The van der Waals surface area contributed by atoms with Gasteiger partial charge in [-0.2, -0.15) is 0 Å². The maximum absolute atomic E-state index is 11.1. The zero-order valence-electron chi connectivity index (χ0n) is 9.80. The van der Waals surface area contributed by atoms with Gasteiger partial charge in [0.25, 0.3) is 5.91 Å². The van der Waals surface area contributed by atoms with Crippen molar-refractivity contribution in [3.05, 3.63) is 35.3 Å². The molecular formula is C11H13N5O2. The van der Waals surface area contributed by atoms with Crippen LogP contribution in [0.2, 0.25) is 0 Å². The van der Waals surface area contributed by atoms with E-state index in [1.807, 2.05) is 6.92 Å². The summed E-state index contributed by atoms with van der Waals surface area (Å²) in [6.45, 7) is 2.25. The quantitative estimate of drug-likeness (QED) is 0.730. The van der Waals surface area contributed by atoms with Crippen molar-refractivity contribution < 1.29 is 9.32 Å². The molecule has 18 heavy (non-hydrogen) atoms. The third kappa shape index (κ3) is 2.57. The topological polar surface area (TPSA) is 120 Å². The van der Waals surface area contributed by atoms with Crippen molar-refractivity contribution in [1.82, 2.24) is 10.1 Å². The number of anilines is 2. The second kappa shape index (κ2) is 4.74. The number of hydrogen-bond acceptors (Lipinski definition) is 6. The number of hydrogen-bond donors (Lipinski definition) is 3. The molecule has 0 aromatic carbocycles. The number of carbonyl (C=O) groups is 1. The van der Waals surface area contributed by atoms with Gasteiger partial charge in [-0.25, -0.2) is 4.98 Å². The maximum atomic E-state index is 11.1. The summed E-state index contributed by atoms with van der Waals surface area (Å²) in [4.78, 5) is 15.1. The highest BCUT2D eigenvalue weighted by Gasteiger charge is 2.08. The van der Waals surface area contributed by atoms with E-state index in [0.717, 1.165) is 5.69 Å². The summed E-state index contributed by atoms with van der Waals surface area (Å²) in [6, 6.07) is 3.31. The van der Waals surface area contributed by atoms with Crippen molar-refractivity contribution in [2.45, 2.75) is 13.5 Å². The summed E-state index contributed by atoms with van der Waals surface area (Å²) in [5, 5.41) is 6.75. The molecule has 0 atom stereocenters. The SMILES string of the molecule is Cc1cc(CNc2cc(C(N)=O)c(N)cn2)on1. The highest BCUT2D eigenvalue weighted by molar-refractivity contribution is 5.98. The summed E-state index contributed by atoms with van der Waals surface area (Å²) < 4.78 is 5.03. The minimum atomic E-state index is -0.589. The van der Waals surface area contributed by atoms with Gasteiger partial charge in [-0.15, -0.1) is 0 Å². The number of carbonyl (C=O) groups excluding carboxylic acids is 1. The molecule has 2 rings (SSSR count). The van der Waals surface area contributed by atoms with Gasteiger partial charge in [0, 0.05) is 6.07 Å². The van der Waals surface area contributed by atoms with Gasteiger partial charge in [0.15, 0.2) is 5.76 Å². The third-order valence-corrected chi connectivity index (χ3v) is 2.32. The minimum Gasteiger partial charge on any atom is -0.397 e. The Bertz CT molecular complexity index is 579. The molecule has 0 radical (unpaired) electrons. The number of aryl methyl sites for hydroxylation is 1. The normalized spacial score (nSPS) is 10.3. The summed E-state index contributed by atoms with van der Waals surface area (Å²) in [6.07, 6.45) is 1.38. The van der Waals surface area contributed by atoms with E-state index in [1.54, 1.807) is 6.07 Å². The molecule has 2 aromatic rings. The van der Waals surface area contributed by atoms with Crippen LogP contribution in [-0.4, -0.2) is 16.0 Å². The molecule has 0 saturated carbocycles. The number of nitrogens with two attached hydrogens (primary N) is 2.